The van der Waals surface area contributed by atoms with E-state index in [4.69, 9.17) is 5.73 Å². The van der Waals surface area contributed by atoms with Crippen LogP contribution in [0, 0.1) is 0 Å². The van der Waals surface area contributed by atoms with Crippen LogP contribution in [0.25, 0.3) is 0 Å². The minimum Gasteiger partial charge on any atom is -0.370 e. The maximum absolute atomic E-state index is 12.4. The van der Waals surface area contributed by atoms with E-state index in [-0.39, 0.29) is 18.2 Å². The molecule has 29 heavy (non-hydrogen) atoms. The summed E-state index contributed by atoms with van der Waals surface area (Å²) >= 11 is 1.38. The Balaban J connectivity index is 1.57. The average Bonchev–Trinajstić information content (AvgIpc) is 3.26. The van der Waals surface area contributed by atoms with Crippen LogP contribution in [0.1, 0.15) is 52.1 Å². The van der Waals surface area contributed by atoms with Crippen LogP contribution in [0.3, 0.4) is 0 Å². The molecule has 7 nitrogen and oxygen atoms in total. The van der Waals surface area contributed by atoms with Crippen LogP contribution in [0.15, 0.2) is 35.7 Å². The fourth-order valence-electron chi connectivity index (χ4n) is 3.36. The Labute approximate surface area is 174 Å². The molecule has 3 rings (SSSR count). The number of primary amides is 1. The minimum atomic E-state index is -0.526. The van der Waals surface area contributed by atoms with E-state index < -0.39 is 5.91 Å². The average molecular weight is 415 g/mol. The molecular weight excluding hydrogens is 388 g/mol. The van der Waals surface area contributed by atoms with Gasteiger partial charge in [-0.05, 0) is 55.3 Å². The highest BCUT2D eigenvalue weighted by Gasteiger charge is 2.17. The molecule has 154 valence electrons. The van der Waals surface area contributed by atoms with Gasteiger partial charge in [-0.2, -0.15) is 0 Å². The predicted molar refractivity (Wildman–Crippen MR) is 116 cm³/mol. The van der Waals surface area contributed by atoms with Crippen molar-refractivity contribution in [2.75, 3.05) is 29.9 Å². The van der Waals surface area contributed by atoms with Crippen molar-refractivity contribution < 1.29 is 14.4 Å². The lowest BCUT2D eigenvalue weighted by atomic mass is 10.1. The van der Waals surface area contributed by atoms with Gasteiger partial charge < -0.3 is 21.3 Å². The number of thiophene rings is 1. The van der Waals surface area contributed by atoms with E-state index in [1.165, 1.54) is 17.8 Å². The summed E-state index contributed by atoms with van der Waals surface area (Å²) in [5.74, 6) is -0.806. The van der Waals surface area contributed by atoms with Crippen molar-refractivity contribution in [2.45, 2.75) is 32.1 Å². The molecule has 1 fully saturated rings. The van der Waals surface area contributed by atoms with Crippen LogP contribution in [0.5, 0.6) is 0 Å². The Kier molecular flexibility index (Phi) is 7.24. The number of nitrogens with two attached hydrogens (primary N) is 1. The molecule has 1 aromatic heterocycles. The first-order valence-corrected chi connectivity index (χ1v) is 10.7. The first-order chi connectivity index (χ1) is 14.0. The molecule has 1 aromatic carbocycles. The molecule has 4 N–H and O–H groups in total. The zero-order chi connectivity index (χ0) is 20.6. The Morgan fingerprint density at radius 2 is 1.90 bits per heavy atom. The summed E-state index contributed by atoms with van der Waals surface area (Å²) in [4.78, 5) is 38.8. The van der Waals surface area contributed by atoms with Gasteiger partial charge >= 0.3 is 0 Å². The standard InChI is InChI=1S/C21H26N4O3S/c22-20(27)15-8-9-17(25-11-2-1-3-12-25)16(14-15)24-19(26)7-4-10-23-21(28)18-6-5-13-29-18/h5-6,8-9,13-14H,1-4,7,10-12H2,(H2,22,27)(H,23,28)(H,24,26). The number of hydrogen-bond donors (Lipinski definition) is 3. The molecule has 2 heterocycles. The van der Waals surface area contributed by atoms with Crippen LogP contribution in [-0.2, 0) is 4.79 Å². The van der Waals surface area contributed by atoms with Crippen molar-refractivity contribution in [3.8, 4) is 0 Å². The van der Waals surface area contributed by atoms with Gasteiger partial charge in [0.1, 0.15) is 0 Å². The van der Waals surface area contributed by atoms with Crippen LogP contribution >= 0.6 is 11.3 Å². The molecular formula is C21H26N4O3S. The second-order valence-corrected chi connectivity index (χ2v) is 7.98. The lowest BCUT2D eigenvalue weighted by molar-refractivity contribution is -0.116. The maximum Gasteiger partial charge on any atom is 0.261 e. The van der Waals surface area contributed by atoms with Gasteiger partial charge in [0.05, 0.1) is 16.3 Å². The molecule has 0 atom stereocenters. The number of nitrogens with one attached hydrogen (secondary N) is 2. The molecule has 0 saturated carbocycles. The van der Waals surface area contributed by atoms with Gasteiger partial charge in [0, 0.05) is 31.6 Å². The van der Waals surface area contributed by atoms with Crippen LogP contribution in [-0.4, -0.2) is 37.4 Å². The normalized spacial score (nSPS) is 13.7. The molecule has 0 unspecified atom stereocenters. The molecule has 0 spiro atoms. The Morgan fingerprint density at radius 1 is 1.10 bits per heavy atom. The second-order valence-electron chi connectivity index (χ2n) is 7.03. The van der Waals surface area contributed by atoms with Crippen LogP contribution < -0.4 is 21.3 Å². The van der Waals surface area contributed by atoms with Crippen LogP contribution in [0.4, 0.5) is 11.4 Å². The van der Waals surface area contributed by atoms with E-state index in [0.717, 1.165) is 31.6 Å². The van der Waals surface area contributed by atoms with E-state index in [2.05, 4.69) is 15.5 Å². The van der Waals surface area contributed by atoms with E-state index in [0.29, 0.717) is 29.1 Å². The summed E-state index contributed by atoms with van der Waals surface area (Å²) < 4.78 is 0. The summed E-state index contributed by atoms with van der Waals surface area (Å²) in [5, 5.41) is 7.58. The first-order valence-electron chi connectivity index (χ1n) is 9.85. The van der Waals surface area contributed by atoms with E-state index in [9.17, 15) is 14.4 Å². The van der Waals surface area contributed by atoms with Gasteiger partial charge in [0.25, 0.3) is 5.91 Å². The van der Waals surface area contributed by atoms with Gasteiger partial charge in [-0.3, -0.25) is 14.4 Å². The highest BCUT2D eigenvalue weighted by molar-refractivity contribution is 7.12. The first kappa shape index (κ1) is 20.9. The van der Waals surface area contributed by atoms with E-state index in [1.54, 1.807) is 18.2 Å². The van der Waals surface area contributed by atoms with Crippen molar-refractivity contribution in [1.82, 2.24) is 5.32 Å². The SMILES string of the molecule is NC(=O)c1ccc(N2CCCCC2)c(NC(=O)CCCNC(=O)c2cccs2)c1. The Morgan fingerprint density at radius 3 is 2.59 bits per heavy atom. The zero-order valence-corrected chi connectivity index (χ0v) is 17.1. The number of hydrogen-bond acceptors (Lipinski definition) is 5. The van der Waals surface area contributed by atoms with Crippen molar-refractivity contribution >= 4 is 40.4 Å². The summed E-state index contributed by atoms with van der Waals surface area (Å²) in [5.41, 5.74) is 7.29. The number of piperidine rings is 1. The topological polar surface area (TPSA) is 105 Å². The fraction of sp³-hybridized carbons (Fsp3) is 0.381. The molecule has 2 aromatic rings. The van der Waals surface area contributed by atoms with E-state index >= 15 is 0 Å². The van der Waals surface area contributed by atoms with Crippen molar-refractivity contribution in [1.29, 1.82) is 0 Å². The van der Waals surface area contributed by atoms with Crippen molar-refractivity contribution in [3.63, 3.8) is 0 Å². The number of nitrogens with zero attached hydrogens (tertiary/aromatic N) is 1. The lowest BCUT2D eigenvalue weighted by Crippen LogP contribution is -2.30. The number of carbonyl (C=O) groups is 3. The van der Waals surface area contributed by atoms with Gasteiger partial charge in [0.2, 0.25) is 11.8 Å². The molecule has 1 aliphatic rings. The van der Waals surface area contributed by atoms with Crippen molar-refractivity contribution in [2.24, 2.45) is 5.73 Å². The van der Waals surface area contributed by atoms with Crippen molar-refractivity contribution in [3.05, 3.63) is 46.2 Å². The third kappa shape index (κ3) is 5.80. The molecule has 0 radical (unpaired) electrons. The fourth-order valence-corrected chi connectivity index (χ4v) is 4.00. The number of anilines is 2. The summed E-state index contributed by atoms with van der Waals surface area (Å²) in [6.07, 6.45) is 4.21. The number of benzene rings is 1. The molecule has 1 saturated heterocycles. The number of amides is 3. The number of rotatable bonds is 8. The van der Waals surface area contributed by atoms with Crippen LogP contribution in [0.2, 0.25) is 0 Å². The summed E-state index contributed by atoms with van der Waals surface area (Å²) in [7, 11) is 0. The van der Waals surface area contributed by atoms with Gasteiger partial charge in [0.15, 0.2) is 0 Å². The predicted octanol–water partition coefficient (Wildman–Crippen LogP) is 2.99. The third-order valence-corrected chi connectivity index (χ3v) is 5.73. The van der Waals surface area contributed by atoms with Gasteiger partial charge in [-0.1, -0.05) is 6.07 Å². The maximum atomic E-state index is 12.4. The zero-order valence-electron chi connectivity index (χ0n) is 16.3. The third-order valence-electron chi connectivity index (χ3n) is 4.86. The van der Waals surface area contributed by atoms with E-state index in [1.807, 2.05) is 17.5 Å². The monoisotopic (exact) mass is 414 g/mol. The molecule has 1 aliphatic heterocycles. The number of carbonyl (C=O) groups excluding carboxylic acids is 3. The molecule has 8 heteroatoms. The summed E-state index contributed by atoms with van der Waals surface area (Å²) in [6, 6.07) is 8.78. The highest BCUT2D eigenvalue weighted by atomic mass is 32.1. The smallest absolute Gasteiger partial charge is 0.261 e. The minimum absolute atomic E-state index is 0.123. The van der Waals surface area contributed by atoms with Gasteiger partial charge in [-0.25, -0.2) is 0 Å². The largest absolute Gasteiger partial charge is 0.370 e. The Bertz CT molecular complexity index is 861. The summed E-state index contributed by atoms with van der Waals surface area (Å²) in [6.45, 7) is 2.27. The van der Waals surface area contributed by atoms with Gasteiger partial charge in [-0.15, -0.1) is 11.3 Å². The molecule has 0 aliphatic carbocycles. The molecule has 3 amide bonds. The second kappa shape index (κ2) is 10.1. The highest BCUT2D eigenvalue weighted by Crippen LogP contribution is 2.30. The lowest BCUT2D eigenvalue weighted by Gasteiger charge is -2.30. The Hall–Kier alpha value is -2.87. The quantitative estimate of drug-likeness (QED) is 0.578. The molecule has 0 bridgehead atoms.